The first-order valence-corrected chi connectivity index (χ1v) is 6.56. The first-order valence-electron chi connectivity index (χ1n) is 6.56. The van der Waals surface area contributed by atoms with Crippen molar-refractivity contribution in [1.82, 2.24) is 15.5 Å². The zero-order valence-electron chi connectivity index (χ0n) is 10.7. The molecule has 1 fully saturated rings. The Hall–Kier alpha value is -0.650. The molecule has 0 bridgehead atoms. The quantitative estimate of drug-likeness (QED) is 0.530. The molecule has 1 rings (SSSR count). The van der Waals surface area contributed by atoms with Crippen LogP contribution in [-0.4, -0.2) is 61.3 Å². The van der Waals surface area contributed by atoms with Gasteiger partial charge in [-0.2, -0.15) is 0 Å². The molecule has 1 aliphatic rings. The van der Waals surface area contributed by atoms with Crippen molar-refractivity contribution in [1.29, 1.82) is 0 Å². The van der Waals surface area contributed by atoms with Gasteiger partial charge in [-0.25, -0.2) is 0 Å². The zero-order chi connectivity index (χ0) is 12.5. The smallest absolute Gasteiger partial charge is 0.220 e. The van der Waals surface area contributed by atoms with E-state index in [9.17, 15) is 4.79 Å². The van der Waals surface area contributed by atoms with Crippen molar-refractivity contribution < 1.29 is 9.90 Å². The first-order chi connectivity index (χ1) is 8.18. The van der Waals surface area contributed by atoms with Crippen LogP contribution in [-0.2, 0) is 4.79 Å². The van der Waals surface area contributed by atoms with Crippen LogP contribution in [0.25, 0.3) is 0 Å². The highest BCUT2D eigenvalue weighted by Gasteiger charge is 2.08. The number of carbonyl (C=O) groups is 1. The van der Waals surface area contributed by atoms with E-state index in [-0.39, 0.29) is 12.0 Å². The Labute approximate surface area is 104 Å². The summed E-state index contributed by atoms with van der Waals surface area (Å²) in [5.74, 6) is 0.0474. The second-order valence-corrected chi connectivity index (χ2v) is 4.68. The van der Waals surface area contributed by atoms with Gasteiger partial charge in [0.25, 0.3) is 0 Å². The number of nitrogens with one attached hydrogen (secondary N) is 2. The molecule has 3 N–H and O–H groups in total. The van der Waals surface area contributed by atoms with E-state index in [0.29, 0.717) is 12.8 Å². The Morgan fingerprint density at radius 3 is 2.82 bits per heavy atom. The van der Waals surface area contributed by atoms with E-state index in [2.05, 4.69) is 15.5 Å². The number of aliphatic hydroxyl groups is 1. The third-order valence-electron chi connectivity index (χ3n) is 2.97. The van der Waals surface area contributed by atoms with Gasteiger partial charge >= 0.3 is 0 Å². The van der Waals surface area contributed by atoms with E-state index in [4.69, 9.17) is 5.11 Å². The fraction of sp³-hybridized carbons (Fsp3) is 0.917. The Morgan fingerprint density at radius 1 is 1.47 bits per heavy atom. The topological polar surface area (TPSA) is 64.6 Å². The SMILES string of the molecule is CC(O)CCC(=O)NCCCN1CCNCC1. The molecule has 0 aromatic rings. The molecule has 0 aliphatic carbocycles. The van der Waals surface area contributed by atoms with Crippen molar-refractivity contribution in [3.05, 3.63) is 0 Å². The Balaban J connectivity index is 1.94. The van der Waals surface area contributed by atoms with Gasteiger partial charge in [-0.15, -0.1) is 0 Å². The van der Waals surface area contributed by atoms with Gasteiger partial charge in [-0.05, 0) is 26.3 Å². The summed E-state index contributed by atoms with van der Waals surface area (Å²) in [6.45, 7) is 7.85. The molecule has 5 heteroatoms. The number of carbonyl (C=O) groups excluding carboxylic acids is 1. The first kappa shape index (κ1) is 14.4. The Kier molecular flexibility index (Phi) is 7.16. The maximum atomic E-state index is 11.4. The summed E-state index contributed by atoms with van der Waals surface area (Å²) in [5, 5.41) is 15.3. The van der Waals surface area contributed by atoms with E-state index >= 15 is 0 Å². The molecule has 1 atom stereocenters. The number of amides is 1. The highest BCUT2D eigenvalue weighted by molar-refractivity contribution is 5.75. The average molecular weight is 243 g/mol. The van der Waals surface area contributed by atoms with Crippen molar-refractivity contribution >= 4 is 5.91 Å². The highest BCUT2D eigenvalue weighted by atomic mass is 16.3. The molecule has 100 valence electrons. The Bertz CT molecular complexity index is 216. The maximum absolute atomic E-state index is 11.4. The van der Waals surface area contributed by atoms with Crippen LogP contribution >= 0.6 is 0 Å². The molecule has 0 saturated carbocycles. The molecule has 0 spiro atoms. The second kappa shape index (κ2) is 8.44. The van der Waals surface area contributed by atoms with Crippen LogP contribution < -0.4 is 10.6 Å². The van der Waals surface area contributed by atoms with Crippen molar-refractivity contribution in [2.24, 2.45) is 0 Å². The minimum Gasteiger partial charge on any atom is -0.393 e. The number of hydrogen-bond acceptors (Lipinski definition) is 4. The molecule has 1 amide bonds. The molecular formula is C12H25N3O2. The molecule has 17 heavy (non-hydrogen) atoms. The van der Waals surface area contributed by atoms with Crippen molar-refractivity contribution in [3.8, 4) is 0 Å². The van der Waals surface area contributed by atoms with Crippen molar-refractivity contribution in [3.63, 3.8) is 0 Å². The van der Waals surface area contributed by atoms with Crippen LogP contribution in [0.1, 0.15) is 26.2 Å². The van der Waals surface area contributed by atoms with E-state index in [0.717, 1.165) is 45.7 Å². The highest BCUT2D eigenvalue weighted by Crippen LogP contribution is 1.96. The lowest BCUT2D eigenvalue weighted by atomic mass is 10.2. The summed E-state index contributed by atoms with van der Waals surface area (Å²) in [6.07, 6.45) is 1.58. The summed E-state index contributed by atoms with van der Waals surface area (Å²) in [7, 11) is 0. The van der Waals surface area contributed by atoms with Gasteiger partial charge in [0.05, 0.1) is 6.10 Å². The molecule has 1 aliphatic heterocycles. The molecule has 1 heterocycles. The van der Waals surface area contributed by atoms with E-state index in [1.807, 2.05) is 0 Å². The molecule has 0 aromatic heterocycles. The number of aliphatic hydroxyl groups excluding tert-OH is 1. The fourth-order valence-electron chi connectivity index (χ4n) is 1.89. The van der Waals surface area contributed by atoms with Crippen LogP contribution in [0, 0.1) is 0 Å². The molecule has 1 saturated heterocycles. The van der Waals surface area contributed by atoms with Gasteiger partial charge in [-0.3, -0.25) is 4.79 Å². The monoisotopic (exact) mass is 243 g/mol. The lowest BCUT2D eigenvalue weighted by Crippen LogP contribution is -2.44. The number of hydrogen-bond donors (Lipinski definition) is 3. The number of rotatable bonds is 7. The lowest BCUT2D eigenvalue weighted by Gasteiger charge is -2.27. The molecule has 0 aromatic carbocycles. The Morgan fingerprint density at radius 2 is 2.18 bits per heavy atom. The van der Waals surface area contributed by atoms with Gasteiger partial charge < -0.3 is 20.6 Å². The number of piperazine rings is 1. The molecule has 0 radical (unpaired) electrons. The number of nitrogens with zero attached hydrogens (tertiary/aromatic N) is 1. The molecule has 5 nitrogen and oxygen atoms in total. The molecule has 1 unspecified atom stereocenters. The van der Waals surface area contributed by atoms with Crippen LogP contribution in [0.2, 0.25) is 0 Å². The summed E-state index contributed by atoms with van der Waals surface area (Å²) in [6, 6.07) is 0. The van der Waals surface area contributed by atoms with Crippen LogP contribution in [0.4, 0.5) is 0 Å². The minimum atomic E-state index is -0.387. The van der Waals surface area contributed by atoms with E-state index in [1.165, 1.54) is 0 Å². The molecular weight excluding hydrogens is 218 g/mol. The summed E-state index contributed by atoms with van der Waals surface area (Å²) in [5.41, 5.74) is 0. The predicted octanol–water partition coefficient (Wildman–Crippen LogP) is -0.441. The average Bonchev–Trinajstić information content (AvgIpc) is 2.33. The third kappa shape index (κ3) is 7.31. The van der Waals surface area contributed by atoms with Crippen molar-refractivity contribution in [2.45, 2.75) is 32.3 Å². The largest absolute Gasteiger partial charge is 0.393 e. The standard InChI is InChI=1S/C12H25N3O2/c1-11(16)3-4-12(17)14-5-2-8-15-9-6-13-7-10-15/h11,13,16H,2-10H2,1H3,(H,14,17). The van der Waals surface area contributed by atoms with Gasteiger partial charge in [0, 0.05) is 39.1 Å². The second-order valence-electron chi connectivity index (χ2n) is 4.68. The van der Waals surface area contributed by atoms with E-state index in [1.54, 1.807) is 6.92 Å². The van der Waals surface area contributed by atoms with Crippen LogP contribution in [0.15, 0.2) is 0 Å². The third-order valence-corrected chi connectivity index (χ3v) is 2.97. The predicted molar refractivity (Wildman–Crippen MR) is 67.9 cm³/mol. The van der Waals surface area contributed by atoms with Crippen LogP contribution in [0.5, 0.6) is 0 Å². The zero-order valence-corrected chi connectivity index (χ0v) is 10.7. The van der Waals surface area contributed by atoms with Gasteiger partial charge in [-0.1, -0.05) is 0 Å². The van der Waals surface area contributed by atoms with Gasteiger partial charge in [0.1, 0.15) is 0 Å². The van der Waals surface area contributed by atoms with E-state index < -0.39 is 0 Å². The lowest BCUT2D eigenvalue weighted by molar-refractivity contribution is -0.121. The van der Waals surface area contributed by atoms with Gasteiger partial charge in [0.15, 0.2) is 0 Å². The summed E-state index contributed by atoms with van der Waals surface area (Å²) in [4.78, 5) is 13.8. The van der Waals surface area contributed by atoms with Crippen molar-refractivity contribution in [2.75, 3.05) is 39.3 Å². The normalized spacial score (nSPS) is 18.9. The summed E-state index contributed by atoms with van der Waals surface area (Å²) < 4.78 is 0. The van der Waals surface area contributed by atoms with Crippen LogP contribution in [0.3, 0.4) is 0 Å². The summed E-state index contributed by atoms with van der Waals surface area (Å²) >= 11 is 0. The fourth-order valence-corrected chi connectivity index (χ4v) is 1.89. The maximum Gasteiger partial charge on any atom is 0.220 e. The minimum absolute atomic E-state index is 0.0474. The van der Waals surface area contributed by atoms with Gasteiger partial charge in [0.2, 0.25) is 5.91 Å².